The molecule has 0 N–H and O–H groups in total. The summed E-state index contributed by atoms with van der Waals surface area (Å²) in [5.74, 6) is 0.192. The Balaban J connectivity index is 1.68. The number of carbonyl (C=O) groups is 2. The first-order valence-corrected chi connectivity index (χ1v) is 7.45. The predicted molar refractivity (Wildman–Crippen MR) is 74.0 cm³/mol. The van der Waals surface area contributed by atoms with E-state index in [2.05, 4.69) is 10.4 Å². The van der Waals surface area contributed by atoms with Crippen molar-refractivity contribution in [2.24, 2.45) is 0 Å². The number of aromatic nitrogens is 1. The summed E-state index contributed by atoms with van der Waals surface area (Å²) >= 11 is 1.65. The van der Waals surface area contributed by atoms with Crippen LogP contribution in [0.4, 0.5) is 0 Å². The van der Waals surface area contributed by atoms with Crippen LogP contribution in [0, 0.1) is 6.92 Å². The van der Waals surface area contributed by atoms with E-state index in [9.17, 15) is 9.59 Å². The van der Waals surface area contributed by atoms with E-state index in [-0.39, 0.29) is 5.91 Å². The van der Waals surface area contributed by atoms with Crippen molar-refractivity contribution in [1.29, 1.82) is 0 Å². The summed E-state index contributed by atoms with van der Waals surface area (Å²) in [6, 6.07) is 0. The largest absolute Gasteiger partial charge is 0.342 e. The Bertz CT molecular complexity index is 439. The van der Waals surface area contributed by atoms with Crippen molar-refractivity contribution in [1.82, 2.24) is 14.8 Å². The SMILES string of the molecule is Cc1nc(CCCC(=O)N2CCN(C=O)CC2)cs1. The van der Waals surface area contributed by atoms with Gasteiger partial charge in [-0.3, -0.25) is 9.59 Å². The first-order chi connectivity index (χ1) is 9.19. The molecule has 0 radical (unpaired) electrons. The van der Waals surface area contributed by atoms with Gasteiger partial charge in [-0.25, -0.2) is 4.98 Å². The van der Waals surface area contributed by atoms with Gasteiger partial charge < -0.3 is 9.80 Å². The molecule has 0 bridgehead atoms. The molecule has 5 nitrogen and oxygen atoms in total. The van der Waals surface area contributed by atoms with E-state index in [0.29, 0.717) is 32.6 Å². The fourth-order valence-electron chi connectivity index (χ4n) is 2.18. The third-order valence-electron chi connectivity index (χ3n) is 3.31. The first kappa shape index (κ1) is 14.0. The number of rotatable bonds is 5. The van der Waals surface area contributed by atoms with Gasteiger partial charge in [0.25, 0.3) is 0 Å². The monoisotopic (exact) mass is 281 g/mol. The Labute approximate surface area is 117 Å². The third kappa shape index (κ3) is 4.02. The molecule has 0 spiro atoms. The van der Waals surface area contributed by atoms with Crippen molar-refractivity contribution in [3.05, 3.63) is 16.1 Å². The Hall–Kier alpha value is -1.43. The van der Waals surface area contributed by atoms with Crippen molar-refractivity contribution in [3.63, 3.8) is 0 Å². The second kappa shape index (κ2) is 6.65. The number of thiazole rings is 1. The molecule has 1 fully saturated rings. The standard InChI is InChI=1S/C13H19N3O2S/c1-11-14-12(9-19-11)3-2-4-13(18)16-7-5-15(10-17)6-8-16/h9-10H,2-8H2,1H3. The highest BCUT2D eigenvalue weighted by Gasteiger charge is 2.19. The zero-order valence-electron chi connectivity index (χ0n) is 11.2. The summed E-state index contributed by atoms with van der Waals surface area (Å²) in [6.45, 7) is 4.62. The van der Waals surface area contributed by atoms with Crippen molar-refractivity contribution >= 4 is 23.7 Å². The third-order valence-corrected chi connectivity index (χ3v) is 4.13. The van der Waals surface area contributed by atoms with E-state index >= 15 is 0 Å². The van der Waals surface area contributed by atoms with Gasteiger partial charge in [0.2, 0.25) is 12.3 Å². The Kier molecular flexibility index (Phi) is 4.90. The lowest BCUT2D eigenvalue weighted by Crippen LogP contribution is -2.48. The van der Waals surface area contributed by atoms with Crippen molar-refractivity contribution in [3.8, 4) is 0 Å². The average molecular weight is 281 g/mol. The maximum atomic E-state index is 12.0. The topological polar surface area (TPSA) is 53.5 Å². The summed E-state index contributed by atoms with van der Waals surface area (Å²) < 4.78 is 0. The number of hydrogen-bond donors (Lipinski definition) is 0. The molecule has 2 rings (SSSR count). The molecule has 0 aliphatic carbocycles. The Morgan fingerprint density at radius 1 is 1.42 bits per heavy atom. The normalized spacial score (nSPS) is 15.6. The van der Waals surface area contributed by atoms with Gasteiger partial charge in [0, 0.05) is 38.0 Å². The molecule has 1 saturated heterocycles. The molecule has 0 unspecified atom stereocenters. The summed E-state index contributed by atoms with van der Waals surface area (Å²) in [5, 5.41) is 3.13. The van der Waals surface area contributed by atoms with Crippen molar-refractivity contribution in [2.45, 2.75) is 26.2 Å². The van der Waals surface area contributed by atoms with Crippen LogP contribution in [0.15, 0.2) is 5.38 Å². The molecule has 0 saturated carbocycles. The van der Waals surface area contributed by atoms with Gasteiger partial charge >= 0.3 is 0 Å². The highest BCUT2D eigenvalue weighted by molar-refractivity contribution is 7.09. The number of piperazine rings is 1. The summed E-state index contributed by atoms with van der Waals surface area (Å²) in [7, 11) is 0. The number of amides is 2. The maximum Gasteiger partial charge on any atom is 0.222 e. The predicted octanol–water partition coefficient (Wildman–Crippen LogP) is 1.07. The second-order valence-corrected chi connectivity index (χ2v) is 5.80. The molecule has 6 heteroatoms. The van der Waals surface area contributed by atoms with Crippen LogP contribution in [0.25, 0.3) is 0 Å². The average Bonchev–Trinajstić information content (AvgIpc) is 2.84. The van der Waals surface area contributed by atoms with Crippen LogP contribution >= 0.6 is 11.3 Å². The molecular weight excluding hydrogens is 262 g/mol. The molecule has 2 amide bonds. The van der Waals surface area contributed by atoms with E-state index < -0.39 is 0 Å². The smallest absolute Gasteiger partial charge is 0.222 e. The van der Waals surface area contributed by atoms with E-state index in [1.54, 1.807) is 16.2 Å². The van der Waals surface area contributed by atoms with Gasteiger partial charge in [-0.1, -0.05) is 0 Å². The zero-order chi connectivity index (χ0) is 13.7. The molecule has 1 aromatic rings. The first-order valence-electron chi connectivity index (χ1n) is 6.57. The molecule has 104 valence electrons. The number of hydrogen-bond acceptors (Lipinski definition) is 4. The van der Waals surface area contributed by atoms with Crippen LogP contribution in [0.2, 0.25) is 0 Å². The lowest BCUT2D eigenvalue weighted by Gasteiger charge is -2.32. The van der Waals surface area contributed by atoms with Crippen LogP contribution < -0.4 is 0 Å². The van der Waals surface area contributed by atoms with Crippen LogP contribution in [0.3, 0.4) is 0 Å². The molecule has 19 heavy (non-hydrogen) atoms. The summed E-state index contributed by atoms with van der Waals surface area (Å²) in [5.41, 5.74) is 1.08. The Morgan fingerprint density at radius 2 is 2.16 bits per heavy atom. The number of carbonyl (C=O) groups excluding carboxylic acids is 2. The van der Waals surface area contributed by atoms with Gasteiger partial charge in [0.1, 0.15) is 0 Å². The Morgan fingerprint density at radius 3 is 2.74 bits per heavy atom. The van der Waals surface area contributed by atoms with Gasteiger partial charge in [0.15, 0.2) is 0 Å². The second-order valence-electron chi connectivity index (χ2n) is 4.73. The van der Waals surface area contributed by atoms with E-state index in [1.165, 1.54) is 0 Å². The highest BCUT2D eigenvalue weighted by Crippen LogP contribution is 2.11. The van der Waals surface area contributed by atoms with Gasteiger partial charge in [-0.2, -0.15) is 0 Å². The minimum absolute atomic E-state index is 0.192. The summed E-state index contributed by atoms with van der Waals surface area (Å²) in [6.07, 6.45) is 3.13. The molecule has 1 aliphatic heterocycles. The van der Waals surface area contributed by atoms with Crippen LogP contribution in [-0.2, 0) is 16.0 Å². The molecule has 0 aromatic carbocycles. The molecule has 1 aliphatic rings. The fraction of sp³-hybridized carbons (Fsp3) is 0.615. The minimum Gasteiger partial charge on any atom is -0.342 e. The zero-order valence-corrected chi connectivity index (χ0v) is 12.0. The van der Waals surface area contributed by atoms with Crippen molar-refractivity contribution < 1.29 is 9.59 Å². The molecule has 0 atom stereocenters. The fourth-order valence-corrected chi connectivity index (χ4v) is 2.83. The van der Waals surface area contributed by atoms with E-state index in [1.807, 2.05) is 11.8 Å². The highest BCUT2D eigenvalue weighted by atomic mass is 32.1. The number of nitrogens with zero attached hydrogens (tertiary/aromatic N) is 3. The van der Waals surface area contributed by atoms with Crippen LogP contribution in [0.5, 0.6) is 0 Å². The van der Waals surface area contributed by atoms with Crippen molar-refractivity contribution in [2.75, 3.05) is 26.2 Å². The molecule has 2 heterocycles. The van der Waals surface area contributed by atoms with Gasteiger partial charge in [-0.15, -0.1) is 11.3 Å². The van der Waals surface area contributed by atoms with E-state index in [4.69, 9.17) is 0 Å². The quantitative estimate of drug-likeness (QED) is 0.759. The van der Waals surface area contributed by atoms with Crippen LogP contribution in [0.1, 0.15) is 23.5 Å². The lowest BCUT2D eigenvalue weighted by molar-refractivity contribution is -0.135. The molecule has 1 aromatic heterocycles. The van der Waals surface area contributed by atoms with Gasteiger partial charge in [0.05, 0.1) is 10.7 Å². The minimum atomic E-state index is 0.192. The lowest BCUT2D eigenvalue weighted by atomic mass is 10.2. The van der Waals surface area contributed by atoms with Crippen LogP contribution in [-0.4, -0.2) is 53.3 Å². The maximum absolute atomic E-state index is 12.0. The number of aryl methyl sites for hydroxylation is 2. The summed E-state index contributed by atoms with van der Waals surface area (Å²) in [4.78, 5) is 30.5. The molecular formula is C13H19N3O2S. The van der Waals surface area contributed by atoms with E-state index in [0.717, 1.165) is 30.0 Å². The van der Waals surface area contributed by atoms with Gasteiger partial charge in [-0.05, 0) is 19.8 Å².